The summed E-state index contributed by atoms with van der Waals surface area (Å²) in [6.45, 7) is 4.50. The Labute approximate surface area is 112 Å². The third kappa shape index (κ3) is 3.14. The first-order valence-electron chi connectivity index (χ1n) is 6.15. The molecule has 1 aromatic heterocycles. The van der Waals surface area contributed by atoms with Crippen molar-refractivity contribution in [2.24, 2.45) is 0 Å². The first-order valence-corrected chi connectivity index (χ1v) is 8.25. The Balaban J connectivity index is 1.97. The van der Waals surface area contributed by atoms with Crippen LogP contribution in [0, 0.1) is 0 Å². The highest BCUT2D eigenvalue weighted by molar-refractivity contribution is 7.99. The second-order valence-corrected chi connectivity index (χ2v) is 6.66. The van der Waals surface area contributed by atoms with Gasteiger partial charge >= 0.3 is 0 Å². The van der Waals surface area contributed by atoms with Gasteiger partial charge in [-0.3, -0.25) is 0 Å². The van der Waals surface area contributed by atoms with Crippen LogP contribution >= 0.6 is 23.1 Å². The van der Waals surface area contributed by atoms with Gasteiger partial charge in [0.25, 0.3) is 0 Å². The van der Waals surface area contributed by atoms with Crippen LogP contribution in [0.4, 0.5) is 5.13 Å². The molecule has 0 spiro atoms. The molecule has 0 radical (unpaired) electrons. The number of nitrogens with zero attached hydrogens (tertiary/aromatic N) is 2. The first kappa shape index (κ1) is 13.2. The summed E-state index contributed by atoms with van der Waals surface area (Å²) >= 11 is 3.83. The molecule has 0 amide bonds. The number of thioether (sulfide) groups is 1. The maximum Gasteiger partial charge on any atom is 0.185 e. The second-order valence-electron chi connectivity index (χ2n) is 4.48. The van der Waals surface area contributed by atoms with E-state index in [-0.39, 0.29) is 0 Å². The average molecular weight is 271 g/mol. The summed E-state index contributed by atoms with van der Waals surface area (Å²) < 4.78 is 0. The standard InChI is InChI=1S/C12H21N3S2/c1-9(13-2)11-8-14-12(17-11)15-6-4-10(16-3)5-7-15/h8-10,13H,4-7H2,1-3H3. The molecule has 1 unspecified atom stereocenters. The van der Waals surface area contributed by atoms with Crippen molar-refractivity contribution in [2.75, 3.05) is 31.3 Å². The maximum atomic E-state index is 4.56. The molecule has 2 rings (SSSR count). The van der Waals surface area contributed by atoms with Crippen LogP contribution < -0.4 is 10.2 Å². The van der Waals surface area contributed by atoms with E-state index in [2.05, 4.69) is 28.4 Å². The van der Waals surface area contributed by atoms with Gasteiger partial charge in [-0.05, 0) is 33.1 Å². The minimum Gasteiger partial charge on any atom is -0.348 e. The SMILES string of the molecule is CNC(C)c1cnc(N2CCC(SC)CC2)s1. The highest BCUT2D eigenvalue weighted by atomic mass is 32.2. The third-order valence-corrected chi connectivity index (χ3v) is 5.80. The van der Waals surface area contributed by atoms with Gasteiger partial charge in [0.1, 0.15) is 0 Å². The molecule has 1 aliphatic rings. The molecule has 17 heavy (non-hydrogen) atoms. The molecule has 1 aromatic rings. The zero-order valence-corrected chi connectivity index (χ0v) is 12.4. The van der Waals surface area contributed by atoms with Gasteiger partial charge in [0.15, 0.2) is 5.13 Å². The van der Waals surface area contributed by atoms with Gasteiger partial charge in [-0.25, -0.2) is 4.98 Å². The molecule has 1 atom stereocenters. The van der Waals surface area contributed by atoms with Crippen molar-refractivity contribution in [2.45, 2.75) is 31.1 Å². The average Bonchev–Trinajstić information content (AvgIpc) is 2.87. The Bertz CT molecular complexity index is 345. The highest BCUT2D eigenvalue weighted by Gasteiger charge is 2.21. The van der Waals surface area contributed by atoms with Crippen LogP contribution in [0.3, 0.4) is 0 Å². The molecule has 0 bridgehead atoms. The van der Waals surface area contributed by atoms with E-state index in [1.165, 1.54) is 22.9 Å². The minimum atomic E-state index is 0.407. The van der Waals surface area contributed by atoms with Crippen molar-refractivity contribution in [3.63, 3.8) is 0 Å². The van der Waals surface area contributed by atoms with Crippen LogP contribution in [0.15, 0.2) is 6.20 Å². The summed E-state index contributed by atoms with van der Waals surface area (Å²) in [5, 5.41) is 5.31. The van der Waals surface area contributed by atoms with E-state index in [9.17, 15) is 0 Å². The predicted molar refractivity (Wildman–Crippen MR) is 78.3 cm³/mol. The van der Waals surface area contributed by atoms with Crippen LogP contribution in [-0.2, 0) is 0 Å². The number of hydrogen-bond donors (Lipinski definition) is 1. The van der Waals surface area contributed by atoms with Crippen LogP contribution in [0.1, 0.15) is 30.7 Å². The lowest BCUT2D eigenvalue weighted by molar-refractivity contribution is 0.590. The molecule has 2 heterocycles. The number of thiazole rings is 1. The van der Waals surface area contributed by atoms with Crippen molar-refractivity contribution < 1.29 is 0 Å². The van der Waals surface area contributed by atoms with Gasteiger partial charge in [-0.2, -0.15) is 11.8 Å². The molecule has 1 fully saturated rings. The minimum absolute atomic E-state index is 0.407. The molecule has 1 aliphatic heterocycles. The summed E-state index contributed by atoms with van der Waals surface area (Å²) in [6.07, 6.45) is 6.81. The van der Waals surface area contributed by atoms with E-state index in [1.807, 2.05) is 36.3 Å². The maximum absolute atomic E-state index is 4.56. The largest absolute Gasteiger partial charge is 0.348 e. The zero-order chi connectivity index (χ0) is 12.3. The van der Waals surface area contributed by atoms with Gasteiger partial charge in [0, 0.05) is 35.5 Å². The predicted octanol–water partition coefficient (Wildman–Crippen LogP) is 2.76. The first-order chi connectivity index (χ1) is 8.24. The van der Waals surface area contributed by atoms with Gasteiger partial charge in [0.2, 0.25) is 0 Å². The smallest absolute Gasteiger partial charge is 0.185 e. The molecule has 0 saturated carbocycles. The normalized spacial score (nSPS) is 19.6. The molecule has 96 valence electrons. The summed E-state index contributed by atoms with van der Waals surface area (Å²) in [5.41, 5.74) is 0. The number of nitrogens with one attached hydrogen (secondary N) is 1. The highest BCUT2D eigenvalue weighted by Crippen LogP contribution is 2.30. The number of anilines is 1. The van der Waals surface area contributed by atoms with Gasteiger partial charge in [-0.15, -0.1) is 11.3 Å². The Morgan fingerprint density at radius 2 is 2.24 bits per heavy atom. The van der Waals surface area contributed by atoms with Crippen molar-refractivity contribution in [1.82, 2.24) is 10.3 Å². The Kier molecular flexibility index (Phi) is 4.70. The molecular weight excluding hydrogens is 250 g/mol. The molecule has 5 heteroatoms. The van der Waals surface area contributed by atoms with Crippen molar-refractivity contribution in [3.05, 3.63) is 11.1 Å². The lowest BCUT2D eigenvalue weighted by Crippen LogP contribution is -2.34. The summed E-state index contributed by atoms with van der Waals surface area (Å²) in [5.74, 6) is 0. The Morgan fingerprint density at radius 1 is 1.53 bits per heavy atom. The van der Waals surface area contributed by atoms with Crippen molar-refractivity contribution >= 4 is 28.2 Å². The van der Waals surface area contributed by atoms with Crippen LogP contribution in [0.5, 0.6) is 0 Å². The van der Waals surface area contributed by atoms with E-state index < -0.39 is 0 Å². The van der Waals surface area contributed by atoms with Crippen LogP contribution in [-0.4, -0.2) is 36.6 Å². The molecule has 1 N–H and O–H groups in total. The van der Waals surface area contributed by atoms with Gasteiger partial charge in [0.05, 0.1) is 0 Å². The zero-order valence-electron chi connectivity index (χ0n) is 10.8. The fourth-order valence-corrected chi connectivity index (χ4v) is 3.76. The molecule has 0 aliphatic carbocycles. The quantitative estimate of drug-likeness (QED) is 0.911. The summed E-state index contributed by atoms with van der Waals surface area (Å²) in [7, 11) is 1.99. The molecule has 1 saturated heterocycles. The Morgan fingerprint density at radius 3 is 2.82 bits per heavy atom. The van der Waals surface area contributed by atoms with E-state index in [0.717, 1.165) is 18.3 Å². The molecular formula is C12H21N3S2. The number of aromatic nitrogens is 1. The Hall–Kier alpha value is -0.260. The van der Waals surface area contributed by atoms with Gasteiger partial charge in [-0.1, -0.05) is 0 Å². The topological polar surface area (TPSA) is 28.2 Å². The summed E-state index contributed by atoms with van der Waals surface area (Å²) in [4.78, 5) is 8.32. The fourth-order valence-electron chi connectivity index (χ4n) is 2.05. The van der Waals surface area contributed by atoms with Crippen molar-refractivity contribution in [3.8, 4) is 0 Å². The second kappa shape index (κ2) is 6.07. The monoisotopic (exact) mass is 271 g/mol. The third-order valence-electron chi connectivity index (χ3n) is 3.42. The van der Waals surface area contributed by atoms with E-state index >= 15 is 0 Å². The fraction of sp³-hybridized carbons (Fsp3) is 0.750. The van der Waals surface area contributed by atoms with Crippen molar-refractivity contribution in [1.29, 1.82) is 0 Å². The molecule has 3 nitrogen and oxygen atoms in total. The lowest BCUT2D eigenvalue weighted by atomic mass is 10.1. The number of hydrogen-bond acceptors (Lipinski definition) is 5. The molecule has 0 aromatic carbocycles. The summed E-state index contributed by atoms with van der Waals surface area (Å²) in [6, 6.07) is 0.407. The number of rotatable bonds is 4. The number of piperidine rings is 1. The van der Waals surface area contributed by atoms with Crippen LogP contribution in [0.2, 0.25) is 0 Å². The lowest BCUT2D eigenvalue weighted by Gasteiger charge is -2.30. The van der Waals surface area contributed by atoms with Crippen LogP contribution in [0.25, 0.3) is 0 Å². The van der Waals surface area contributed by atoms with E-state index in [4.69, 9.17) is 0 Å². The van der Waals surface area contributed by atoms with E-state index in [1.54, 1.807) is 0 Å². The van der Waals surface area contributed by atoms with E-state index in [0.29, 0.717) is 6.04 Å². The van der Waals surface area contributed by atoms with Gasteiger partial charge < -0.3 is 10.2 Å².